The summed E-state index contributed by atoms with van der Waals surface area (Å²) in [6.45, 7) is 3.34. The van der Waals surface area contributed by atoms with E-state index in [-0.39, 0.29) is 6.42 Å². The van der Waals surface area contributed by atoms with Crippen molar-refractivity contribution in [1.82, 2.24) is 5.32 Å². The zero-order valence-corrected chi connectivity index (χ0v) is 30.7. The van der Waals surface area contributed by atoms with Crippen LogP contribution in [-0.2, 0) is 14.3 Å². The lowest BCUT2D eigenvalue weighted by Crippen LogP contribution is -2.60. The van der Waals surface area contributed by atoms with Gasteiger partial charge < -0.3 is 50.5 Å². The lowest BCUT2D eigenvalue weighted by Gasteiger charge is -2.40. The Labute approximate surface area is 296 Å². The summed E-state index contributed by atoms with van der Waals surface area (Å²) in [6, 6.07) is -1.16. The van der Waals surface area contributed by atoms with Crippen LogP contribution >= 0.6 is 0 Å². The molecule has 11 nitrogen and oxygen atoms in total. The van der Waals surface area contributed by atoms with Gasteiger partial charge in [0, 0.05) is 0 Å². The molecule has 290 valence electrons. The first kappa shape index (κ1) is 45.9. The summed E-state index contributed by atoms with van der Waals surface area (Å²) < 4.78 is 11.0. The number of nitrogens with one attached hydrogen (secondary N) is 1. The molecular weight excluding hydrogens is 630 g/mol. The first-order valence-electron chi connectivity index (χ1n) is 19.6. The van der Waals surface area contributed by atoms with Crippen molar-refractivity contribution in [3.63, 3.8) is 0 Å². The fraction of sp³-hybridized carbons (Fsp3) is 0.921. The lowest BCUT2D eigenvalue weighted by atomic mass is 9.98. The molecule has 9 unspecified atom stereocenters. The maximum Gasteiger partial charge on any atom is 0.249 e. The van der Waals surface area contributed by atoms with Crippen LogP contribution in [0.25, 0.3) is 0 Å². The van der Waals surface area contributed by atoms with Crippen LogP contribution in [0.5, 0.6) is 0 Å². The monoisotopic (exact) mass is 704 g/mol. The van der Waals surface area contributed by atoms with Gasteiger partial charge in [0.25, 0.3) is 0 Å². The van der Waals surface area contributed by atoms with E-state index < -0.39 is 74.2 Å². The molecule has 0 aromatic carbocycles. The van der Waals surface area contributed by atoms with Gasteiger partial charge in [0.15, 0.2) is 6.29 Å². The molecule has 0 aromatic heterocycles. The van der Waals surface area contributed by atoms with Crippen molar-refractivity contribution in [2.24, 2.45) is 0 Å². The Balaban J connectivity index is 2.52. The number of hydrogen-bond donors (Lipinski definition) is 8. The average molecular weight is 704 g/mol. The van der Waals surface area contributed by atoms with Gasteiger partial charge >= 0.3 is 0 Å². The van der Waals surface area contributed by atoms with Crippen LogP contribution in [0.1, 0.15) is 155 Å². The van der Waals surface area contributed by atoms with Gasteiger partial charge in [-0.25, -0.2) is 0 Å². The summed E-state index contributed by atoms with van der Waals surface area (Å²) in [5.74, 6) is -0.710. The molecule has 1 heterocycles. The van der Waals surface area contributed by atoms with E-state index in [0.717, 1.165) is 57.8 Å². The molecule has 0 bridgehead atoms. The molecule has 0 spiro atoms. The van der Waals surface area contributed by atoms with E-state index >= 15 is 0 Å². The molecule has 1 fully saturated rings. The van der Waals surface area contributed by atoms with Crippen molar-refractivity contribution in [1.29, 1.82) is 0 Å². The molecule has 9 atom stereocenters. The number of carbonyl (C=O) groups is 1. The Hall–Kier alpha value is -1.15. The van der Waals surface area contributed by atoms with Gasteiger partial charge in [0.1, 0.15) is 36.6 Å². The molecule has 0 saturated carbocycles. The summed E-state index contributed by atoms with van der Waals surface area (Å²) in [4.78, 5) is 12.9. The molecule has 1 saturated heterocycles. The number of hydrogen-bond acceptors (Lipinski definition) is 10. The van der Waals surface area contributed by atoms with Crippen LogP contribution in [0, 0.1) is 0 Å². The van der Waals surface area contributed by atoms with E-state index in [1.807, 2.05) is 0 Å². The number of amides is 1. The van der Waals surface area contributed by atoms with Gasteiger partial charge in [0.2, 0.25) is 5.91 Å². The highest BCUT2D eigenvalue weighted by Gasteiger charge is 2.44. The number of aliphatic hydroxyl groups is 7. The smallest absolute Gasteiger partial charge is 0.249 e. The summed E-state index contributed by atoms with van der Waals surface area (Å²) in [5, 5.41) is 74.9. The molecule has 49 heavy (non-hydrogen) atoms. The molecule has 1 aliphatic rings. The van der Waals surface area contributed by atoms with Gasteiger partial charge in [-0.1, -0.05) is 129 Å². The molecule has 0 aliphatic carbocycles. The van der Waals surface area contributed by atoms with Crippen molar-refractivity contribution in [3.05, 3.63) is 12.2 Å². The van der Waals surface area contributed by atoms with Crippen LogP contribution in [0.2, 0.25) is 0 Å². The zero-order valence-electron chi connectivity index (χ0n) is 30.7. The average Bonchev–Trinajstić information content (AvgIpc) is 3.10. The highest BCUT2D eigenvalue weighted by Crippen LogP contribution is 2.23. The van der Waals surface area contributed by atoms with Crippen LogP contribution < -0.4 is 5.32 Å². The number of aliphatic hydroxyl groups excluding tert-OH is 7. The van der Waals surface area contributed by atoms with Gasteiger partial charge in [0.05, 0.1) is 25.4 Å². The fourth-order valence-electron chi connectivity index (χ4n) is 6.20. The van der Waals surface area contributed by atoms with Crippen molar-refractivity contribution >= 4 is 5.91 Å². The topological polar surface area (TPSA) is 189 Å². The standard InChI is InChI=1S/C38H73NO10/c1-3-5-7-9-11-12-13-14-15-16-17-18-20-22-24-26-31(42)37(47)39-29(33(43)30(41)25-23-21-19-10-8-6-4-2)28-48-38-36(46)35(45)34(44)32(27-40)49-38/h15-16,29-36,38,40-46H,3-14,17-28H2,1-2H3,(H,39,47)/b16-15-. The molecular formula is C38H73NO10. The minimum atomic E-state index is -1.66. The highest BCUT2D eigenvalue weighted by molar-refractivity contribution is 5.80. The first-order chi connectivity index (χ1) is 23.7. The van der Waals surface area contributed by atoms with Crippen LogP contribution in [0.15, 0.2) is 12.2 Å². The van der Waals surface area contributed by atoms with E-state index in [1.165, 1.54) is 57.8 Å². The molecule has 1 rings (SSSR count). The third kappa shape index (κ3) is 20.5. The van der Waals surface area contributed by atoms with Gasteiger partial charge in [-0.15, -0.1) is 0 Å². The Morgan fingerprint density at radius 2 is 1.18 bits per heavy atom. The second-order valence-corrected chi connectivity index (χ2v) is 14.0. The van der Waals surface area contributed by atoms with Crippen molar-refractivity contribution in [2.45, 2.75) is 210 Å². The molecule has 11 heteroatoms. The number of carbonyl (C=O) groups excluding carboxylic acids is 1. The predicted octanol–water partition coefficient (Wildman–Crippen LogP) is 4.55. The Bertz CT molecular complexity index is 815. The number of ether oxygens (including phenoxy) is 2. The van der Waals surface area contributed by atoms with Crippen molar-refractivity contribution in [3.8, 4) is 0 Å². The SMILES string of the molecule is CCCCCCCCC/C=C\CCCCCCC(O)C(=O)NC(COC1OC(CO)C(O)C(O)C1O)C(O)C(O)CCCCCCCCC. The van der Waals surface area contributed by atoms with E-state index in [4.69, 9.17) is 9.47 Å². The largest absolute Gasteiger partial charge is 0.394 e. The maximum absolute atomic E-state index is 12.9. The van der Waals surface area contributed by atoms with Crippen LogP contribution in [0.4, 0.5) is 0 Å². The van der Waals surface area contributed by atoms with Gasteiger partial charge in [-0.2, -0.15) is 0 Å². The van der Waals surface area contributed by atoms with Gasteiger partial charge in [-0.05, 0) is 38.5 Å². The third-order valence-corrected chi connectivity index (χ3v) is 9.57. The van der Waals surface area contributed by atoms with Crippen molar-refractivity contribution < 1.29 is 50.0 Å². The lowest BCUT2D eigenvalue weighted by molar-refractivity contribution is -0.303. The maximum atomic E-state index is 12.9. The van der Waals surface area contributed by atoms with E-state index in [2.05, 4.69) is 31.3 Å². The normalized spacial score (nSPS) is 23.8. The number of rotatable bonds is 31. The van der Waals surface area contributed by atoms with Crippen LogP contribution in [-0.4, -0.2) is 110 Å². The Kier molecular flexibility index (Phi) is 27.6. The summed E-state index contributed by atoms with van der Waals surface area (Å²) in [7, 11) is 0. The zero-order chi connectivity index (χ0) is 36.3. The summed E-state index contributed by atoms with van der Waals surface area (Å²) >= 11 is 0. The second-order valence-electron chi connectivity index (χ2n) is 14.0. The molecule has 0 radical (unpaired) electrons. The van der Waals surface area contributed by atoms with E-state index in [9.17, 15) is 40.5 Å². The molecule has 1 amide bonds. The molecule has 1 aliphatic heterocycles. The second kappa shape index (κ2) is 29.4. The molecule has 0 aromatic rings. The summed E-state index contributed by atoms with van der Waals surface area (Å²) in [5.41, 5.74) is 0. The summed E-state index contributed by atoms with van der Waals surface area (Å²) in [6.07, 6.45) is 15.8. The Morgan fingerprint density at radius 1 is 0.694 bits per heavy atom. The molecule has 8 N–H and O–H groups in total. The first-order valence-corrected chi connectivity index (χ1v) is 19.6. The van der Waals surface area contributed by atoms with E-state index in [1.54, 1.807) is 0 Å². The van der Waals surface area contributed by atoms with Gasteiger partial charge in [-0.3, -0.25) is 4.79 Å². The number of unbranched alkanes of at least 4 members (excludes halogenated alkanes) is 17. The predicted molar refractivity (Wildman–Crippen MR) is 192 cm³/mol. The quantitative estimate of drug-likeness (QED) is 0.0376. The Morgan fingerprint density at radius 3 is 1.71 bits per heavy atom. The fourth-order valence-corrected chi connectivity index (χ4v) is 6.20. The minimum Gasteiger partial charge on any atom is -0.394 e. The number of allylic oxidation sites excluding steroid dienone is 2. The minimum absolute atomic E-state index is 0.247. The van der Waals surface area contributed by atoms with Crippen LogP contribution in [0.3, 0.4) is 0 Å². The third-order valence-electron chi connectivity index (χ3n) is 9.57. The van der Waals surface area contributed by atoms with Crippen molar-refractivity contribution in [2.75, 3.05) is 13.2 Å². The van der Waals surface area contributed by atoms with E-state index in [0.29, 0.717) is 19.3 Å². The highest BCUT2D eigenvalue weighted by atomic mass is 16.7.